The van der Waals surface area contributed by atoms with Gasteiger partial charge in [0.05, 0.1) is 6.54 Å². The van der Waals surface area contributed by atoms with Crippen molar-refractivity contribution in [3.05, 3.63) is 0 Å². The van der Waals surface area contributed by atoms with Gasteiger partial charge in [0.15, 0.2) is 12.0 Å². The Hall–Kier alpha value is -2.27. The molecule has 11 heteroatoms. The Labute approximate surface area is 119 Å². The van der Waals surface area contributed by atoms with Crippen LogP contribution < -0.4 is 27.8 Å². The van der Waals surface area contributed by atoms with E-state index in [-0.39, 0.29) is 24.9 Å². The number of hydrogen-bond donors (Lipinski definition) is 7. The second-order valence-corrected chi connectivity index (χ2v) is 5.33. The molecule has 0 aromatic heterocycles. The van der Waals surface area contributed by atoms with Crippen LogP contribution in [0.25, 0.3) is 0 Å². The first-order chi connectivity index (χ1) is 9.78. The van der Waals surface area contributed by atoms with E-state index in [9.17, 15) is 15.0 Å². The van der Waals surface area contributed by atoms with E-state index in [0.717, 1.165) is 0 Å². The molecule has 0 bridgehead atoms. The van der Waals surface area contributed by atoms with Crippen LogP contribution >= 0.6 is 0 Å². The molecule has 3 heterocycles. The van der Waals surface area contributed by atoms with E-state index in [0.29, 0.717) is 6.54 Å². The Bertz CT molecular complexity index is 560. The molecule has 3 rings (SSSR count). The molecule has 0 saturated carbocycles. The summed E-state index contributed by atoms with van der Waals surface area (Å²) < 4.78 is 6.35. The van der Waals surface area contributed by atoms with Crippen LogP contribution in [-0.2, 0) is 4.74 Å². The molecule has 1 fully saturated rings. The lowest BCUT2D eigenvalue weighted by Gasteiger charge is -2.42. The molecule has 0 radical (unpaired) electrons. The number of carbonyl (C=O) groups excluding carboxylic acids is 1. The van der Waals surface area contributed by atoms with E-state index in [1.54, 1.807) is 4.58 Å². The first-order valence-electron chi connectivity index (χ1n) is 6.43. The molecule has 1 amide bonds. The zero-order chi connectivity index (χ0) is 15.4. The van der Waals surface area contributed by atoms with Crippen LogP contribution in [0.15, 0.2) is 4.99 Å². The number of aliphatic imine (C=N–C) groups is 1. The van der Waals surface area contributed by atoms with E-state index in [4.69, 9.17) is 21.9 Å². The van der Waals surface area contributed by atoms with Crippen molar-refractivity contribution < 1.29 is 24.3 Å². The summed E-state index contributed by atoms with van der Waals surface area (Å²) in [4.78, 5) is 15.0. The fourth-order valence-corrected chi connectivity index (χ4v) is 3.30. The van der Waals surface area contributed by atoms with Crippen molar-refractivity contribution in [2.24, 2.45) is 22.2 Å². The number of nitrogens with two attached hydrogens (primary N) is 3. The molecule has 1 saturated heterocycles. The molecule has 11 nitrogen and oxygen atoms in total. The standard InChI is InChI=1S/C10H17N7O4/c11-6-15-5-4(3-21-8(13)18)14-7(12)17-2-1-9(19,20)10(5,17)16-6/h4-5,19-20H,1-3H2,(H7,11,12,13,14,15,16,18)/p+1. The summed E-state index contributed by atoms with van der Waals surface area (Å²) in [5, 5.41) is 26.5. The molecule has 3 unspecified atom stereocenters. The van der Waals surface area contributed by atoms with Gasteiger partial charge in [-0.25, -0.2) is 14.4 Å². The second kappa shape index (κ2) is 4.11. The summed E-state index contributed by atoms with van der Waals surface area (Å²) in [6.45, 7) is 0.173. The van der Waals surface area contributed by atoms with E-state index >= 15 is 0 Å². The fraction of sp³-hybridized carbons (Fsp3) is 0.700. The predicted molar refractivity (Wildman–Crippen MR) is 69.8 cm³/mol. The molecule has 0 aliphatic carbocycles. The van der Waals surface area contributed by atoms with E-state index in [1.807, 2.05) is 0 Å². The van der Waals surface area contributed by atoms with Gasteiger partial charge < -0.3 is 31.7 Å². The maximum Gasteiger partial charge on any atom is 0.404 e. The number of carbonyl (C=O) groups is 1. The summed E-state index contributed by atoms with van der Waals surface area (Å²) in [7, 11) is 0. The van der Waals surface area contributed by atoms with Gasteiger partial charge in [-0.1, -0.05) is 0 Å². The number of nitrogens with one attached hydrogen (secondary N) is 2. The SMILES string of the molecule is NC(=O)OCC1NC(N)=[N+]2CCC(O)(O)C23NC(N)=NC13. The molecular formula is C10H18N7O4+. The number of nitrogens with zero attached hydrogens (tertiary/aromatic N) is 2. The monoisotopic (exact) mass is 300 g/mol. The highest BCUT2D eigenvalue weighted by Crippen LogP contribution is 2.40. The minimum atomic E-state index is -2.10. The van der Waals surface area contributed by atoms with Gasteiger partial charge in [-0.2, -0.15) is 0 Å². The van der Waals surface area contributed by atoms with Crippen LogP contribution in [-0.4, -0.2) is 69.5 Å². The third-order valence-corrected chi connectivity index (χ3v) is 4.16. The minimum absolute atomic E-state index is 0.0555. The molecule has 3 aliphatic rings. The maximum absolute atomic E-state index is 10.8. The summed E-state index contributed by atoms with van der Waals surface area (Å²) in [6, 6.07) is -1.32. The van der Waals surface area contributed by atoms with Crippen molar-refractivity contribution in [1.82, 2.24) is 10.6 Å². The number of hydrogen-bond acceptors (Lipinski definition) is 9. The lowest BCUT2D eigenvalue weighted by Crippen LogP contribution is -2.77. The minimum Gasteiger partial charge on any atom is -0.446 e. The van der Waals surface area contributed by atoms with E-state index < -0.39 is 29.6 Å². The third kappa shape index (κ3) is 1.70. The van der Waals surface area contributed by atoms with Gasteiger partial charge in [0, 0.05) is 6.42 Å². The van der Waals surface area contributed by atoms with Crippen molar-refractivity contribution in [3.8, 4) is 0 Å². The van der Waals surface area contributed by atoms with Gasteiger partial charge >= 0.3 is 12.1 Å². The Morgan fingerprint density at radius 3 is 2.90 bits per heavy atom. The average Bonchev–Trinajstić information content (AvgIpc) is 2.85. The molecule has 116 valence electrons. The van der Waals surface area contributed by atoms with Gasteiger partial charge in [-0.05, 0) is 0 Å². The van der Waals surface area contributed by atoms with Gasteiger partial charge in [-0.3, -0.25) is 11.1 Å². The fourth-order valence-electron chi connectivity index (χ4n) is 3.30. The van der Waals surface area contributed by atoms with Crippen molar-refractivity contribution >= 4 is 18.0 Å². The van der Waals surface area contributed by atoms with Crippen LogP contribution in [0, 0.1) is 0 Å². The average molecular weight is 300 g/mol. The second-order valence-electron chi connectivity index (χ2n) is 5.33. The molecule has 0 aromatic rings. The zero-order valence-electron chi connectivity index (χ0n) is 11.1. The van der Waals surface area contributed by atoms with Gasteiger partial charge in [0.2, 0.25) is 11.4 Å². The molecule has 3 atom stereocenters. The van der Waals surface area contributed by atoms with Gasteiger partial charge in [-0.15, -0.1) is 0 Å². The molecule has 0 aromatic carbocycles. The molecule has 1 spiro atoms. The first-order valence-corrected chi connectivity index (χ1v) is 6.43. The van der Waals surface area contributed by atoms with Crippen LogP contribution in [0.2, 0.25) is 0 Å². The highest BCUT2D eigenvalue weighted by Gasteiger charge is 2.71. The summed E-state index contributed by atoms with van der Waals surface area (Å²) in [5.74, 6) is -1.83. The maximum atomic E-state index is 10.8. The highest BCUT2D eigenvalue weighted by molar-refractivity contribution is 5.83. The Balaban J connectivity index is 2.02. The summed E-state index contributed by atoms with van der Waals surface area (Å²) >= 11 is 0. The number of amides is 1. The van der Waals surface area contributed by atoms with Gasteiger partial charge in [0.1, 0.15) is 12.6 Å². The van der Waals surface area contributed by atoms with Crippen LogP contribution in [0.5, 0.6) is 0 Å². The van der Waals surface area contributed by atoms with Crippen LogP contribution in [0.3, 0.4) is 0 Å². The smallest absolute Gasteiger partial charge is 0.404 e. The molecule has 3 aliphatic heterocycles. The van der Waals surface area contributed by atoms with Crippen molar-refractivity contribution in [3.63, 3.8) is 0 Å². The lowest BCUT2D eigenvalue weighted by atomic mass is 9.87. The Morgan fingerprint density at radius 2 is 2.24 bits per heavy atom. The lowest BCUT2D eigenvalue weighted by molar-refractivity contribution is -0.623. The number of primary amides is 1. The van der Waals surface area contributed by atoms with Crippen LogP contribution in [0.1, 0.15) is 6.42 Å². The van der Waals surface area contributed by atoms with Crippen molar-refractivity contribution in [1.29, 1.82) is 0 Å². The third-order valence-electron chi connectivity index (χ3n) is 4.16. The quantitative estimate of drug-likeness (QED) is 0.196. The highest BCUT2D eigenvalue weighted by atomic mass is 16.5. The van der Waals surface area contributed by atoms with Crippen LogP contribution in [0.4, 0.5) is 4.79 Å². The molecule has 10 N–H and O–H groups in total. The van der Waals surface area contributed by atoms with E-state index in [2.05, 4.69) is 15.6 Å². The molecule has 21 heavy (non-hydrogen) atoms. The van der Waals surface area contributed by atoms with Crippen molar-refractivity contribution in [2.75, 3.05) is 13.2 Å². The zero-order valence-corrected chi connectivity index (χ0v) is 11.1. The number of aliphatic hydroxyl groups is 2. The van der Waals surface area contributed by atoms with Gasteiger partial charge in [0.25, 0.3) is 0 Å². The summed E-state index contributed by atoms with van der Waals surface area (Å²) in [5.41, 5.74) is 15.2. The van der Waals surface area contributed by atoms with Crippen molar-refractivity contribution in [2.45, 2.75) is 30.0 Å². The predicted octanol–water partition coefficient (Wildman–Crippen LogP) is -4.55. The summed E-state index contributed by atoms with van der Waals surface area (Å²) in [6.07, 6.45) is -0.883. The first kappa shape index (κ1) is 13.7. The Morgan fingerprint density at radius 1 is 1.52 bits per heavy atom. The normalized spacial score (nSPS) is 36.2. The number of guanidine groups is 2. The molecular weight excluding hydrogens is 282 g/mol. The largest absolute Gasteiger partial charge is 0.446 e. The number of rotatable bonds is 2. The van der Waals surface area contributed by atoms with E-state index in [1.165, 1.54) is 0 Å². The topological polar surface area (TPSA) is 184 Å². The Kier molecular flexibility index (Phi) is 2.68. The number of ether oxygens (including phenoxy) is 1.